The van der Waals surface area contributed by atoms with E-state index in [4.69, 9.17) is 19.9 Å². The van der Waals surface area contributed by atoms with E-state index >= 15 is 0 Å². The molecule has 0 aromatic carbocycles. The van der Waals surface area contributed by atoms with Crippen molar-refractivity contribution in [2.24, 2.45) is 0 Å². The van der Waals surface area contributed by atoms with Crippen LogP contribution in [0.15, 0.2) is 73.4 Å². The fourth-order valence-corrected chi connectivity index (χ4v) is 3.87. The maximum atomic E-state index is 5.56. The van der Waals surface area contributed by atoms with Crippen LogP contribution in [0.1, 0.15) is 0 Å². The van der Waals surface area contributed by atoms with E-state index in [1.165, 1.54) is 0 Å². The summed E-state index contributed by atoms with van der Waals surface area (Å²) in [6.07, 6.45) is 9.00. The zero-order valence-electron chi connectivity index (χ0n) is 17.2. The third kappa shape index (κ3) is 3.38. The van der Waals surface area contributed by atoms with Gasteiger partial charge in [0.05, 0.1) is 24.6 Å². The molecule has 0 atom stereocenters. The van der Waals surface area contributed by atoms with Gasteiger partial charge in [-0.15, -0.1) is 0 Å². The average Bonchev–Trinajstić information content (AvgIpc) is 3.53. The normalized spacial score (nSPS) is 14.2. The first-order valence-corrected chi connectivity index (χ1v) is 10.5. The van der Waals surface area contributed by atoms with Crippen LogP contribution in [0.5, 0.6) is 0 Å². The first-order valence-electron chi connectivity index (χ1n) is 10.5. The topological polar surface area (TPSA) is 86.3 Å². The van der Waals surface area contributed by atoms with Crippen molar-refractivity contribution < 1.29 is 4.74 Å². The van der Waals surface area contributed by atoms with Crippen molar-refractivity contribution in [2.45, 2.75) is 0 Å². The highest BCUT2D eigenvalue weighted by molar-refractivity contribution is 5.66. The van der Waals surface area contributed by atoms with E-state index in [0.29, 0.717) is 13.2 Å². The molecular formula is C23H20N8O. The largest absolute Gasteiger partial charge is 0.378 e. The summed E-state index contributed by atoms with van der Waals surface area (Å²) in [6.45, 7) is 2.96. The number of fused-ring (bicyclic) bond motifs is 1. The summed E-state index contributed by atoms with van der Waals surface area (Å²) in [6, 6.07) is 13.8. The number of nitrogens with zero attached hydrogens (tertiary/aromatic N) is 8. The Labute approximate surface area is 184 Å². The lowest BCUT2D eigenvalue weighted by molar-refractivity contribution is 0.122. The Kier molecular flexibility index (Phi) is 4.58. The number of rotatable bonds is 4. The molecule has 1 saturated heterocycles. The zero-order valence-corrected chi connectivity index (χ0v) is 17.2. The molecule has 5 aromatic rings. The molecule has 5 aromatic heterocycles. The Morgan fingerprint density at radius 1 is 0.750 bits per heavy atom. The molecule has 1 aliphatic rings. The zero-order chi connectivity index (χ0) is 21.3. The summed E-state index contributed by atoms with van der Waals surface area (Å²) < 4.78 is 9.26. The summed E-state index contributed by atoms with van der Waals surface area (Å²) in [5, 5.41) is 9.61. The number of pyridine rings is 2. The third-order valence-electron chi connectivity index (χ3n) is 5.51. The predicted octanol–water partition coefficient (Wildman–Crippen LogP) is 2.88. The maximum absolute atomic E-state index is 5.56. The van der Waals surface area contributed by atoms with E-state index in [2.05, 4.69) is 14.9 Å². The fraction of sp³-hybridized carbons (Fsp3) is 0.174. The van der Waals surface area contributed by atoms with Gasteiger partial charge in [-0.25, -0.2) is 9.67 Å². The average molecular weight is 424 g/mol. The van der Waals surface area contributed by atoms with Gasteiger partial charge in [0.1, 0.15) is 5.82 Å². The van der Waals surface area contributed by atoms with Gasteiger partial charge < -0.3 is 9.64 Å². The van der Waals surface area contributed by atoms with Crippen molar-refractivity contribution in [2.75, 3.05) is 31.2 Å². The van der Waals surface area contributed by atoms with Crippen LogP contribution in [0.3, 0.4) is 0 Å². The molecule has 0 unspecified atom stereocenters. The van der Waals surface area contributed by atoms with E-state index in [9.17, 15) is 0 Å². The number of hydrogen-bond donors (Lipinski definition) is 0. The van der Waals surface area contributed by atoms with Crippen molar-refractivity contribution in [3.8, 4) is 28.3 Å². The molecule has 0 radical (unpaired) electrons. The van der Waals surface area contributed by atoms with Gasteiger partial charge in [0, 0.05) is 67.3 Å². The quantitative estimate of drug-likeness (QED) is 0.438. The molecule has 0 spiro atoms. The number of hydrogen-bond acceptors (Lipinski definition) is 7. The van der Waals surface area contributed by atoms with Gasteiger partial charge in [0.25, 0.3) is 0 Å². The number of morpholine rings is 1. The van der Waals surface area contributed by atoms with Crippen LogP contribution in [0.25, 0.3) is 34.0 Å². The van der Waals surface area contributed by atoms with Gasteiger partial charge in [-0.1, -0.05) is 0 Å². The second kappa shape index (κ2) is 7.86. The predicted molar refractivity (Wildman–Crippen MR) is 120 cm³/mol. The molecule has 0 N–H and O–H groups in total. The number of ether oxygens (including phenoxy) is 1. The molecule has 1 aliphatic heterocycles. The molecule has 9 nitrogen and oxygen atoms in total. The summed E-state index contributed by atoms with van der Waals surface area (Å²) in [4.78, 5) is 15.3. The second-order valence-corrected chi connectivity index (χ2v) is 7.49. The van der Waals surface area contributed by atoms with Gasteiger partial charge in [0.15, 0.2) is 11.5 Å². The molecule has 9 heteroatoms. The van der Waals surface area contributed by atoms with Crippen LogP contribution in [0, 0.1) is 0 Å². The van der Waals surface area contributed by atoms with Crippen molar-refractivity contribution in [3.05, 3.63) is 73.4 Å². The van der Waals surface area contributed by atoms with E-state index in [1.54, 1.807) is 29.5 Å². The van der Waals surface area contributed by atoms with E-state index in [1.807, 2.05) is 53.2 Å². The minimum absolute atomic E-state index is 0.686. The van der Waals surface area contributed by atoms with Gasteiger partial charge in [-0.3, -0.25) is 9.97 Å². The lowest BCUT2D eigenvalue weighted by atomic mass is 10.2. The fourth-order valence-electron chi connectivity index (χ4n) is 3.87. The van der Waals surface area contributed by atoms with E-state index in [0.717, 1.165) is 52.9 Å². The van der Waals surface area contributed by atoms with Gasteiger partial charge in [-0.2, -0.15) is 14.7 Å². The summed E-state index contributed by atoms with van der Waals surface area (Å²) in [5.74, 6) is 1.70. The van der Waals surface area contributed by atoms with Gasteiger partial charge in [0.2, 0.25) is 0 Å². The van der Waals surface area contributed by atoms with Crippen LogP contribution in [-0.2, 0) is 4.74 Å². The highest BCUT2D eigenvalue weighted by atomic mass is 16.5. The highest BCUT2D eigenvalue weighted by Gasteiger charge is 2.19. The van der Waals surface area contributed by atoms with Gasteiger partial charge >= 0.3 is 0 Å². The Hall–Kier alpha value is -4.11. The Bertz CT molecular complexity index is 1360. The van der Waals surface area contributed by atoms with Crippen LogP contribution < -0.4 is 4.90 Å². The van der Waals surface area contributed by atoms with E-state index < -0.39 is 0 Å². The van der Waals surface area contributed by atoms with Crippen molar-refractivity contribution >= 4 is 11.5 Å². The van der Waals surface area contributed by atoms with Crippen molar-refractivity contribution in [1.82, 2.24) is 34.3 Å². The smallest absolute Gasteiger partial charge is 0.160 e. The lowest BCUT2D eigenvalue weighted by Gasteiger charge is -2.29. The lowest BCUT2D eigenvalue weighted by Crippen LogP contribution is -2.37. The minimum atomic E-state index is 0.686. The molecule has 0 amide bonds. The minimum Gasteiger partial charge on any atom is -0.378 e. The van der Waals surface area contributed by atoms with E-state index in [-0.39, 0.29) is 0 Å². The summed E-state index contributed by atoms with van der Waals surface area (Å²) >= 11 is 0. The molecule has 32 heavy (non-hydrogen) atoms. The van der Waals surface area contributed by atoms with Crippen LogP contribution in [-0.4, -0.2) is 60.6 Å². The highest BCUT2D eigenvalue weighted by Crippen LogP contribution is 2.26. The Morgan fingerprint density at radius 2 is 1.44 bits per heavy atom. The Balaban J connectivity index is 1.48. The van der Waals surface area contributed by atoms with Gasteiger partial charge in [-0.05, 0) is 30.3 Å². The number of anilines is 1. The molecular weight excluding hydrogens is 404 g/mol. The van der Waals surface area contributed by atoms with Crippen molar-refractivity contribution in [1.29, 1.82) is 0 Å². The Morgan fingerprint density at radius 3 is 2.16 bits per heavy atom. The second-order valence-electron chi connectivity index (χ2n) is 7.49. The first kappa shape index (κ1) is 18.6. The van der Waals surface area contributed by atoms with Crippen molar-refractivity contribution in [3.63, 3.8) is 0 Å². The monoisotopic (exact) mass is 424 g/mol. The molecule has 0 saturated carbocycles. The molecule has 6 rings (SSSR count). The van der Waals surface area contributed by atoms with Crippen LogP contribution in [0.4, 0.5) is 5.82 Å². The molecule has 0 aliphatic carbocycles. The molecule has 1 fully saturated rings. The SMILES string of the molecule is c1cc(-c2ccn(-c3cc(N4CCOCC4)n4nc(-c5ccncc5)cc4n3)n2)ccn1. The summed E-state index contributed by atoms with van der Waals surface area (Å²) in [7, 11) is 0. The van der Waals surface area contributed by atoms with Crippen LogP contribution >= 0.6 is 0 Å². The number of aromatic nitrogens is 7. The molecule has 158 valence electrons. The summed E-state index contributed by atoms with van der Waals surface area (Å²) in [5.41, 5.74) is 4.49. The first-order chi connectivity index (χ1) is 15.8. The third-order valence-corrected chi connectivity index (χ3v) is 5.51. The standard InChI is InChI=1S/C23H20N8O/c1-6-24-7-2-17(1)19-5-10-30(27-19)21-16-23(29-11-13-32-14-12-29)31-22(26-21)15-20(28-31)18-3-8-25-9-4-18/h1-10,15-16H,11-14H2. The maximum Gasteiger partial charge on any atom is 0.160 e. The van der Waals surface area contributed by atoms with Crippen LogP contribution in [0.2, 0.25) is 0 Å². The molecule has 0 bridgehead atoms. The molecule has 6 heterocycles.